The molecule has 0 aliphatic rings. The molecule has 1 aromatic rings. The number of carbonyl (C=O) groups is 3. The smallest absolute Gasteiger partial charge is 0.397 e. The van der Waals surface area contributed by atoms with Crippen molar-refractivity contribution in [2.75, 3.05) is 26.1 Å². The highest BCUT2D eigenvalue weighted by atomic mass is 32.1. The summed E-state index contributed by atoms with van der Waals surface area (Å²) in [7, 11) is 2.45. The van der Waals surface area contributed by atoms with Gasteiger partial charge in [-0.25, -0.2) is 14.6 Å². The molecule has 1 heterocycles. The van der Waals surface area contributed by atoms with Crippen molar-refractivity contribution in [2.45, 2.75) is 13.8 Å². The van der Waals surface area contributed by atoms with Gasteiger partial charge < -0.3 is 14.3 Å². The highest BCUT2D eigenvalue weighted by molar-refractivity contribution is 7.14. The van der Waals surface area contributed by atoms with E-state index in [0.717, 1.165) is 11.3 Å². The molecule has 0 fully saturated rings. The highest BCUT2D eigenvalue weighted by Crippen LogP contribution is 2.17. The minimum atomic E-state index is -1.01. The zero-order valence-corrected chi connectivity index (χ0v) is 13.9. The van der Waals surface area contributed by atoms with Gasteiger partial charge in [0.2, 0.25) is 5.71 Å². The Labute approximate surface area is 136 Å². The lowest BCUT2D eigenvalue weighted by molar-refractivity contribution is -0.153. The van der Waals surface area contributed by atoms with Crippen molar-refractivity contribution >= 4 is 40.0 Å². The predicted molar refractivity (Wildman–Crippen MR) is 82.1 cm³/mol. The molecule has 0 saturated heterocycles. The number of anilines is 1. The summed E-state index contributed by atoms with van der Waals surface area (Å²) < 4.78 is 9.35. The van der Waals surface area contributed by atoms with Crippen LogP contribution in [-0.4, -0.2) is 49.4 Å². The molecule has 1 amide bonds. The predicted octanol–water partition coefficient (Wildman–Crippen LogP) is 0.804. The van der Waals surface area contributed by atoms with Gasteiger partial charge in [-0.15, -0.1) is 11.3 Å². The second kappa shape index (κ2) is 8.83. The largest absolute Gasteiger partial charge is 0.464 e. The first kappa shape index (κ1) is 18.6. The fourth-order valence-corrected chi connectivity index (χ4v) is 1.96. The quantitative estimate of drug-likeness (QED) is 0.351. The maximum Gasteiger partial charge on any atom is 0.397 e. The Balaban J connectivity index is 2.76. The van der Waals surface area contributed by atoms with Crippen molar-refractivity contribution in [3.05, 3.63) is 11.1 Å². The van der Waals surface area contributed by atoms with Gasteiger partial charge in [0.15, 0.2) is 5.13 Å². The van der Waals surface area contributed by atoms with Crippen LogP contribution in [0.2, 0.25) is 0 Å². The SMILES string of the molecule is CON=C(C(=O)OC)c1csc(NC(=O)C(=O)OCC(C)C)n1. The van der Waals surface area contributed by atoms with Crippen LogP contribution < -0.4 is 5.32 Å². The van der Waals surface area contributed by atoms with Crippen LogP contribution in [0.4, 0.5) is 5.13 Å². The molecule has 0 atom stereocenters. The number of aromatic nitrogens is 1. The van der Waals surface area contributed by atoms with Crippen molar-refractivity contribution in [2.24, 2.45) is 11.1 Å². The number of esters is 2. The number of nitrogens with one attached hydrogen (secondary N) is 1. The van der Waals surface area contributed by atoms with Gasteiger partial charge in [-0.2, -0.15) is 0 Å². The summed E-state index contributed by atoms with van der Waals surface area (Å²) >= 11 is 1.01. The molecule has 0 aliphatic carbocycles. The standard InChI is InChI=1S/C13H17N3O6S/c1-7(2)5-22-12(19)10(17)15-13-14-8(6-23-13)9(16-21-4)11(18)20-3/h6-7H,5H2,1-4H3,(H,14,15,17). The summed E-state index contributed by atoms with van der Waals surface area (Å²) in [6.07, 6.45) is 0. The first-order valence-electron chi connectivity index (χ1n) is 6.52. The Morgan fingerprint density at radius 1 is 1.30 bits per heavy atom. The van der Waals surface area contributed by atoms with Gasteiger partial charge in [-0.1, -0.05) is 19.0 Å². The van der Waals surface area contributed by atoms with Gasteiger partial charge in [0.25, 0.3) is 0 Å². The highest BCUT2D eigenvalue weighted by Gasteiger charge is 2.22. The molecule has 0 spiro atoms. The minimum Gasteiger partial charge on any atom is -0.464 e. The second-order valence-corrected chi connectivity index (χ2v) is 5.46. The topological polar surface area (TPSA) is 116 Å². The molecule has 0 unspecified atom stereocenters. The maximum atomic E-state index is 11.7. The summed E-state index contributed by atoms with van der Waals surface area (Å²) in [5.41, 5.74) is -0.0105. The molecule has 1 rings (SSSR count). The number of methoxy groups -OCH3 is 1. The molecule has 126 valence electrons. The third-order valence-electron chi connectivity index (χ3n) is 2.26. The number of nitrogens with zero attached hydrogens (tertiary/aromatic N) is 2. The maximum absolute atomic E-state index is 11.7. The second-order valence-electron chi connectivity index (χ2n) is 4.60. The van der Waals surface area contributed by atoms with Crippen LogP contribution >= 0.6 is 11.3 Å². The number of amides is 1. The van der Waals surface area contributed by atoms with E-state index in [9.17, 15) is 14.4 Å². The van der Waals surface area contributed by atoms with Gasteiger partial charge in [-0.05, 0) is 5.92 Å². The van der Waals surface area contributed by atoms with Gasteiger partial charge in [0, 0.05) is 5.38 Å². The number of oxime groups is 1. The molecule has 0 aliphatic heterocycles. The fourth-order valence-electron chi connectivity index (χ4n) is 1.27. The molecule has 0 aromatic carbocycles. The average Bonchev–Trinajstić information content (AvgIpc) is 2.97. The summed E-state index contributed by atoms with van der Waals surface area (Å²) in [5, 5.41) is 7.38. The van der Waals surface area contributed by atoms with Crippen LogP contribution in [0.5, 0.6) is 0 Å². The number of ether oxygens (including phenoxy) is 2. The number of rotatable bonds is 6. The van der Waals surface area contributed by atoms with Crippen molar-refractivity contribution in [3.63, 3.8) is 0 Å². The number of carbonyl (C=O) groups excluding carboxylic acids is 3. The first-order valence-corrected chi connectivity index (χ1v) is 7.40. The van der Waals surface area contributed by atoms with Gasteiger partial charge >= 0.3 is 17.8 Å². The van der Waals surface area contributed by atoms with E-state index in [4.69, 9.17) is 4.74 Å². The Bertz CT molecular complexity index is 611. The number of hydrogen-bond donors (Lipinski definition) is 1. The van der Waals surface area contributed by atoms with E-state index >= 15 is 0 Å². The Morgan fingerprint density at radius 2 is 2.00 bits per heavy atom. The number of hydrogen-bond acceptors (Lipinski definition) is 9. The van der Waals surface area contributed by atoms with Crippen LogP contribution in [0, 0.1) is 5.92 Å². The van der Waals surface area contributed by atoms with Crippen molar-refractivity contribution < 1.29 is 28.7 Å². The summed E-state index contributed by atoms with van der Waals surface area (Å²) in [6.45, 7) is 3.84. The first-order chi connectivity index (χ1) is 10.9. The molecule has 23 heavy (non-hydrogen) atoms. The minimum absolute atomic E-state index is 0.110. The lowest BCUT2D eigenvalue weighted by Crippen LogP contribution is -2.26. The van der Waals surface area contributed by atoms with Crippen molar-refractivity contribution in [1.29, 1.82) is 0 Å². The van der Waals surface area contributed by atoms with Crippen molar-refractivity contribution in [1.82, 2.24) is 4.98 Å². The van der Waals surface area contributed by atoms with Crippen LogP contribution in [0.1, 0.15) is 19.5 Å². The van der Waals surface area contributed by atoms with Crippen LogP contribution in [0.25, 0.3) is 0 Å². The average molecular weight is 343 g/mol. The van der Waals surface area contributed by atoms with Gasteiger partial charge in [0.05, 0.1) is 13.7 Å². The summed E-state index contributed by atoms with van der Waals surface area (Å²) in [5.74, 6) is -2.58. The van der Waals surface area contributed by atoms with E-state index in [1.54, 1.807) is 0 Å². The fraction of sp³-hybridized carbons (Fsp3) is 0.462. The molecule has 10 heteroatoms. The zero-order valence-electron chi connectivity index (χ0n) is 13.1. The lowest BCUT2D eigenvalue weighted by Gasteiger charge is -2.06. The van der Waals surface area contributed by atoms with E-state index in [0.29, 0.717) is 0 Å². The van der Waals surface area contributed by atoms with E-state index in [-0.39, 0.29) is 29.1 Å². The summed E-state index contributed by atoms with van der Waals surface area (Å²) in [4.78, 5) is 43.2. The van der Waals surface area contributed by atoms with E-state index in [1.165, 1.54) is 19.6 Å². The van der Waals surface area contributed by atoms with E-state index in [1.807, 2.05) is 13.8 Å². The van der Waals surface area contributed by atoms with Crippen LogP contribution in [0.3, 0.4) is 0 Å². The molecule has 1 N–H and O–H groups in total. The third kappa shape index (κ3) is 5.66. The molecule has 9 nitrogen and oxygen atoms in total. The Kier molecular flexibility index (Phi) is 7.13. The third-order valence-corrected chi connectivity index (χ3v) is 3.02. The Morgan fingerprint density at radius 3 is 2.57 bits per heavy atom. The molecule has 0 radical (unpaired) electrons. The molecule has 1 aromatic heterocycles. The van der Waals surface area contributed by atoms with Gasteiger partial charge in [-0.3, -0.25) is 10.1 Å². The molecule has 0 saturated carbocycles. The zero-order chi connectivity index (χ0) is 17.4. The van der Waals surface area contributed by atoms with E-state index < -0.39 is 17.8 Å². The number of thiazole rings is 1. The van der Waals surface area contributed by atoms with Crippen LogP contribution in [0.15, 0.2) is 10.5 Å². The van der Waals surface area contributed by atoms with Crippen LogP contribution in [-0.2, 0) is 28.7 Å². The summed E-state index contributed by atoms with van der Waals surface area (Å²) in [6, 6.07) is 0. The van der Waals surface area contributed by atoms with Gasteiger partial charge in [0.1, 0.15) is 12.8 Å². The molecular weight excluding hydrogens is 326 g/mol. The van der Waals surface area contributed by atoms with E-state index in [2.05, 4.69) is 25.0 Å². The molecular formula is C13H17N3O6S. The Hall–Kier alpha value is -2.49. The van der Waals surface area contributed by atoms with Crippen molar-refractivity contribution in [3.8, 4) is 0 Å². The molecule has 0 bridgehead atoms. The monoisotopic (exact) mass is 343 g/mol. The normalized spacial score (nSPS) is 11.1. The lowest BCUT2D eigenvalue weighted by atomic mass is 10.2.